The van der Waals surface area contributed by atoms with Crippen molar-refractivity contribution in [2.24, 2.45) is 7.05 Å². The molecule has 4 aromatic rings. The Morgan fingerprint density at radius 3 is 2.29 bits per heavy atom. The fourth-order valence-corrected chi connectivity index (χ4v) is 5.13. The molecule has 0 bridgehead atoms. The first kappa shape index (κ1) is 22.0. The zero-order valence-corrected chi connectivity index (χ0v) is 19.9. The molecular formula is C29H29N3O2. The van der Waals surface area contributed by atoms with Gasteiger partial charge in [-0.3, -0.25) is 9.59 Å². The van der Waals surface area contributed by atoms with Crippen LogP contribution in [0.25, 0.3) is 10.9 Å². The third-order valence-electron chi connectivity index (χ3n) is 6.95. The number of anilines is 1. The van der Waals surface area contributed by atoms with E-state index in [4.69, 9.17) is 0 Å². The van der Waals surface area contributed by atoms with Crippen LogP contribution in [0.15, 0.2) is 79.0 Å². The smallest absolute Gasteiger partial charge is 0.254 e. The molecule has 2 amide bonds. The van der Waals surface area contributed by atoms with Crippen LogP contribution in [-0.4, -0.2) is 28.3 Å². The lowest BCUT2D eigenvalue weighted by Crippen LogP contribution is -2.44. The van der Waals surface area contributed by atoms with Gasteiger partial charge in [0.15, 0.2) is 0 Å². The van der Waals surface area contributed by atoms with Crippen LogP contribution in [0.4, 0.5) is 5.69 Å². The van der Waals surface area contributed by atoms with Crippen molar-refractivity contribution < 1.29 is 9.59 Å². The van der Waals surface area contributed by atoms with Crippen molar-refractivity contribution in [3.8, 4) is 0 Å². The molecule has 1 aliphatic heterocycles. The number of carbonyl (C=O) groups excluding carboxylic acids is 2. The summed E-state index contributed by atoms with van der Waals surface area (Å²) in [5.74, 6) is -0.319. The number of fused-ring (bicyclic) bond motifs is 2. The summed E-state index contributed by atoms with van der Waals surface area (Å²) < 4.78 is 2.06. The molecule has 0 aliphatic carbocycles. The molecule has 172 valence electrons. The lowest BCUT2D eigenvalue weighted by atomic mass is 9.79. The van der Waals surface area contributed by atoms with Crippen molar-refractivity contribution in [2.45, 2.75) is 31.7 Å². The Bertz CT molecular complexity index is 1380. The number of likely N-dealkylation sites (N-methyl/N-ethyl adjacent to an activating group) is 1. The van der Waals surface area contributed by atoms with E-state index < -0.39 is 12.0 Å². The Morgan fingerprint density at radius 1 is 0.882 bits per heavy atom. The van der Waals surface area contributed by atoms with Gasteiger partial charge < -0.3 is 14.8 Å². The van der Waals surface area contributed by atoms with E-state index in [0.717, 1.165) is 27.7 Å². The SMILES string of the molecule is CC(C)c1ccc(NC(=O)[C@H]2c3ccccc3C(=O)N(C)[C@@H]2c2cn(C)c3ccccc23)cc1. The van der Waals surface area contributed by atoms with Crippen LogP contribution in [0, 0.1) is 0 Å². The van der Waals surface area contributed by atoms with Gasteiger partial charge in [0.1, 0.15) is 0 Å². The van der Waals surface area contributed by atoms with Gasteiger partial charge in [0.05, 0.1) is 12.0 Å². The molecule has 3 aromatic carbocycles. The number of carbonyl (C=O) groups is 2. The van der Waals surface area contributed by atoms with Gasteiger partial charge in [0, 0.05) is 48.0 Å². The highest BCUT2D eigenvalue weighted by Gasteiger charge is 2.43. The van der Waals surface area contributed by atoms with Gasteiger partial charge in [-0.2, -0.15) is 0 Å². The number of hydrogen-bond donors (Lipinski definition) is 1. The molecule has 2 atom stereocenters. The maximum Gasteiger partial charge on any atom is 0.254 e. The highest BCUT2D eigenvalue weighted by molar-refractivity contribution is 6.05. The van der Waals surface area contributed by atoms with Gasteiger partial charge in [0.2, 0.25) is 5.91 Å². The third kappa shape index (κ3) is 3.58. The third-order valence-corrected chi connectivity index (χ3v) is 6.95. The van der Waals surface area contributed by atoms with E-state index in [9.17, 15) is 9.59 Å². The Balaban J connectivity index is 1.62. The van der Waals surface area contributed by atoms with Gasteiger partial charge in [-0.1, -0.05) is 62.4 Å². The lowest BCUT2D eigenvalue weighted by molar-refractivity contribution is -0.119. The molecule has 5 nitrogen and oxygen atoms in total. The highest BCUT2D eigenvalue weighted by Crippen LogP contribution is 2.44. The fourth-order valence-electron chi connectivity index (χ4n) is 5.13. The van der Waals surface area contributed by atoms with E-state index in [1.165, 1.54) is 5.56 Å². The Kier molecular flexibility index (Phi) is 5.48. The summed E-state index contributed by atoms with van der Waals surface area (Å²) in [6.45, 7) is 4.29. The minimum atomic E-state index is -0.547. The van der Waals surface area contributed by atoms with Crippen molar-refractivity contribution in [1.29, 1.82) is 0 Å². The monoisotopic (exact) mass is 451 g/mol. The number of benzene rings is 3. The molecule has 5 heteroatoms. The Labute approximate surface area is 200 Å². The van der Waals surface area contributed by atoms with Crippen molar-refractivity contribution in [2.75, 3.05) is 12.4 Å². The first-order valence-corrected chi connectivity index (χ1v) is 11.7. The molecule has 0 fully saturated rings. The second-order valence-corrected chi connectivity index (χ2v) is 9.40. The van der Waals surface area contributed by atoms with E-state index in [-0.39, 0.29) is 11.8 Å². The molecule has 1 aliphatic rings. The zero-order chi connectivity index (χ0) is 24.0. The fraction of sp³-hybridized carbons (Fsp3) is 0.241. The largest absolute Gasteiger partial charge is 0.350 e. The number of nitrogens with one attached hydrogen (secondary N) is 1. The quantitative estimate of drug-likeness (QED) is 0.423. The second-order valence-electron chi connectivity index (χ2n) is 9.40. The predicted molar refractivity (Wildman–Crippen MR) is 136 cm³/mol. The normalized spacial score (nSPS) is 17.8. The second kappa shape index (κ2) is 8.49. The minimum absolute atomic E-state index is 0.0705. The lowest BCUT2D eigenvalue weighted by Gasteiger charge is -2.39. The van der Waals surface area contributed by atoms with Gasteiger partial charge in [-0.25, -0.2) is 0 Å². The average molecular weight is 452 g/mol. The number of aromatic nitrogens is 1. The van der Waals surface area contributed by atoms with E-state index in [1.807, 2.05) is 73.9 Å². The van der Waals surface area contributed by atoms with Crippen molar-refractivity contribution in [1.82, 2.24) is 9.47 Å². The van der Waals surface area contributed by atoms with Crippen LogP contribution in [0.3, 0.4) is 0 Å². The van der Waals surface area contributed by atoms with E-state index >= 15 is 0 Å². The minimum Gasteiger partial charge on any atom is -0.350 e. The number of hydrogen-bond acceptors (Lipinski definition) is 2. The van der Waals surface area contributed by atoms with E-state index in [0.29, 0.717) is 11.5 Å². The van der Waals surface area contributed by atoms with Gasteiger partial charge >= 0.3 is 0 Å². The first-order valence-electron chi connectivity index (χ1n) is 11.7. The highest BCUT2D eigenvalue weighted by atomic mass is 16.2. The number of aryl methyl sites for hydroxylation is 1. The molecular weight excluding hydrogens is 422 g/mol. The molecule has 0 unspecified atom stereocenters. The maximum atomic E-state index is 13.9. The van der Waals surface area contributed by atoms with Gasteiger partial charge in [-0.05, 0) is 41.3 Å². The number of rotatable bonds is 4. The topological polar surface area (TPSA) is 54.3 Å². The van der Waals surface area contributed by atoms with Crippen LogP contribution in [0.5, 0.6) is 0 Å². The summed E-state index contributed by atoms with van der Waals surface area (Å²) in [7, 11) is 3.79. The predicted octanol–water partition coefficient (Wildman–Crippen LogP) is 5.85. The number of nitrogens with zero attached hydrogens (tertiary/aromatic N) is 2. The van der Waals surface area contributed by atoms with Crippen molar-refractivity contribution in [3.63, 3.8) is 0 Å². The molecule has 34 heavy (non-hydrogen) atoms. The molecule has 0 spiro atoms. The summed E-state index contributed by atoms with van der Waals surface area (Å²) >= 11 is 0. The molecule has 1 aromatic heterocycles. The molecule has 5 rings (SSSR count). The van der Waals surface area contributed by atoms with Crippen molar-refractivity contribution in [3.05, 3.63) is 101 Å². The Morgan fingerprint density at radius 2 is 1.56 bits per heavy atom. The van der Waals surface area contributed by atoms with Gasteiger partial charge in [-0.15, -0.1) is 0 Å². The van der Waals surface area contributed by atoms with Gasteiger partial charge in [0.25, 0.3) is 5.91 Å². The molecule has 0 saturated heterocycles. The first-order chi connectivity index (χ1) is 16.4. The summed E-state index contributed by atoms with van der Waals surface area (Å²) in [6.07, 6.45) is 2.05. The standard InChI is InChI=1S/C29H29N3O2/c1-18(2)19-13-15-20(16-14-19)30-28(33)26-22-10-5-6-11-23(22)29(34)32(4)27(26)24-17-31(3)25-12-8-7-9-21(24)25/h5-18,26-27H,1-4H3,(H,30,33)/t26-,27+/m0/s1. The molecule has 0 radical (unpaired) electrons. The summed E-state index contributed by atoms with van der Waals surface area (Å²) in [4.78, 5) is 28.9. The van der Waals surface area contributed by atoms with Crippen LogP contribution in [0.1, 0.15) is 58.8 Å². The van der Waals surface area contributed by atoms with Crippen LogP contribution < -0.4 is 5.32 Å². The summed E-state index contributed by atoms with van der Waals surface area (Å²) in [5, 5.41) is 4.17. The van der Waals surface area contributed by atoms with Crippen LogP contribution >= 0.6 is 0 Å². The molecule has 2 heterocycles. The van der Waals surface area contributed by atoms with E-state index in [2.05, 4.69) is 35.9 Å². The zero-order valence-electron chi connectivity index (χ0n) is 19.9. The van der Waals surface area contributed by atoms with E-state index in [1.54, 1.807) is 11.9 Å². The summed E-state index contributed by atoms with van der Waals surface area (Å²) in [5.41, 5.74) is 5.36. The van der Waals surface area contributed by atoms with Crippen LogP contribution in [-0.2, 0) is 11.8 Å². The molecule has 0 saturated carbocycles. The molecule has 1 N–H and O–H groups in total. The number of amides is 2. The van der Waals surface area contributed by atoms with Crippen molar-refractivity contribution >= 4 is 28.4 Å². The van der Waals surface area contributed by atoms with Crippen LogP contribution in [0.2, 0.25) is 0 Å². The number of para-hydroxylation sites is 1. The Hall–Kier alpha value is -3.86. The average Bonchev–Trinajstić information content (AvgIpc) is 3.17. The summed E-state index contributed by atoms with van der Waals surface area (Å²) in [6, 6.07) is 23.1. The maximum absolute atomic E-state index is 13.9.